The molecule has 0 saturated heterocycles. The molecule has 0 saturated carbocycles. The molecule has 0 aliphatic rings. The van der Waals surface area contributed by atoms with Crippen molar-refractivity contribution in [2.45, 2.75) is 0 Å². The number of benzene rings is 2. The average molecular weight is 351 g/mol. The first-order valence-corrected chi connectivity index (χ1v) is 8.92. The molecule has 1 heterocycles. The summed E-state index contributed by atoms with van der Waals surface area (Å²) in [7, 11) is 0. The number of aromatic nitrogens is 1. The number of anilines is 1. The molecular formula is C21H25N3O2. The van der Waals surface area contributed by atoms with E-state index in [1.807, 2.05) is 18.2 Å². The lowest BCUT2D eigenvalue weighted by molar-refractivity contribution is 0.0548. The van der Waals surface area contributed by atoms with Crippen LogP contribution in [0.25, 0.3) is 22.2 Å². The van der Waals surface area contributed by atoms with Crippen LogP contribution in [0.2, 0.25) is 0 Å². The number of hydrogen-bond donors (Lipinski definition) is 2. The molecule has 0 atom stereocenters. The maximum absolute atomic E-state index is 5.50. The van der Waals surface area contributed by atoms with Crippen LogP contribution in [0, 0.1) is 0 Å². The Labute approximate surface area is 154 Å². The highest BCUT2D eigenvalue weighted by Crippen LogP contribution is 2.22. The third kappa shape index (κ3) is 5.26. The van der Waals surface area contributed by atoms with Crippen molar-refractivity contribution in [3.05, 3.63) is 60.7 Å². The van der Waals surface area contributed by atoms with Crippen molar-refractivity contribution in [1.82, 2.24) is 4.98 Å². The molecule has 0 aliphatic carbocycles. The Morgan fingerprint density at radius 3 is 2.38 bits per heavy atom. The first-order chi connectivity index (χ1) is 12.9. The minimum absolute atomic E-state index is 0.548. The Balaban J connectivity index is 1.47. The van der Waals surface area contributed by atoms with Crippen molar-refractivity contribution in [2.24, 2.45) is 5.73 Å². The van der Waals surface area contributed by atoms with E-state index >= 15 is 0 Å². The summed E-state index contributed by atoms with van der Waals surface area (Å²) in [5.74, 6) is 0. The highest BCUT2D eigenvalue weighted by atomic mass is 16.5. The maximum Gasteiger partial charge on any atom is 0.0709 e. The molecule has 136 valence electrons. The lowest BCUT2D eigenvalue weighted by Gasteiger charge is -2.09. The van der Waals surface area contributed by atoms with Crippen molar-refractivity contribution >= 4 is 16.6 Å². The lowest BCUT2D eigenvalue weighted by atomic mass is 10.1. The van der Waals surface area contributed by atoms with Crippen LogP contribution in [0.5, 0.6) is 0 Å². The van der Waals surface area contributed by atoms with Crippen LogP contribution in [-0.2, 0) is 9.47 Å². The van der Waals surface area contributed by atoms with Gasteiger partial charge >= 0.3 is 0 Å². The largest absolute Gasteiger partial charge is 0.383 e. The fraction of sp³-hybridized carbons (Fsp3) is 0.286. The molecule has 0 radical (unpaired) electrons. The first kappa shape index (κ1) is 18.3. The summed E-state index contributed by atoms with van der Waals surface area (Å²) >= 11 is 0. The predicted molar refractivity (Wildman–Crippen MR) is 106 cm³/mol. The summed E-state index contributed by atoms with van der Waals surface area (Å²) in [6, 6.07) is 20.6. The fourth-order valence-electron chi connectivity index (χ4n) is 2.66. The number of nitrogens with two attached hydrogens (primary N) is 1. The molecule has 0 spiro atoms. The predicted octanol–water partition coefficient (Wildman–Crippen LogP) is 3.31. The van der Waals surface area contributed by atoms with E-state index in [1.165, 1.54) is 0 Å². The second-order valence-electron chi connectivity index (χ2n) is 5.91. The lowest BCUT2D eigenvalue weighted by Crippen LogP contribution is -2.14. The Kier molecular flexibility index (Phi) is 6.96. The second kappa shape index (κ2) is 9.87. The van der Waals surface area contributed by atoms with E-state index in [0.29, 0.717) is 33.0 Å². The smallest absolute Gasteiger partial charge is 0.0709 e. The van der Waals surface area contributed by atoms with Crippen LogP contribution in [0.1, 0.15) is 0 Å². The number of pyridine rings is 1. The number of fused-ring (bicyclic) bond motifs is 1. The van der Waals surface area contributed by atoms with Gasteiger partial charge in [0.25, 0.3) is 0 Å². The summed E-state index contributed by atoms with van der Waals surface area (Å²) in [4.78, 5) is 4.73. The minimum Gasteiger partial charge on any atom is -0.383 e. The molecule has 0 unspecified atom stereocenters. The average Bonchev–Trinajstić information content (AvgIpc) is 2.70. The number of nitrogens with zero attached hydrogens (tertiary/aromatic N) is 1. The van der Waals surface area contributed by atoms with Crippen LogP contribution < -0.4 is 11.1 Å². The van der Waals surface area contributed by atoms with Gasteiger partial charge in [-0.3, -0.25) is 0 Å². The van der Waals surface area contributed by atoms with E-state index in [9.17, 15) is 0 Å². The highest BCUT2D eigenvalue weighted by molar-refractivity contribution is 5.81. The van der Waals surface area contributed by atoms with Gasteiger partial charge in [0.15, 0.2) is 0 Å². The Morgan fingerprint density at radius 2 is 1.58 bits per heavy atom. The molecule has 0 bridgehead atoms. The summed E-state index contributed by atoms with van der Waals surface area (Å²) in [6.07, 6.45) is 0. The van der Waals surface area contributed by atoms with Crippen LogP contribution >= 0.6 is 0 Å². The summed E-state index contributed by atoms with van der Waals surface area (Å²) < 4.78 is 10.8. The topological polar surface area (TPSA) is 69.4 Å². The molecule has 2 aromatic carbocycles. The normalized spacial score (nSPS) is 11.0. The number of nitrogens with one attached hydrogen (secondary N) is 1. The molecule has 1 aromatic heterocycles. The van der Waals surface area contributed by atoms with Crippen molar-refractivity contribution in [3.63, 3.8) is 0 Å². The van der Waals surface area contributed by atoms with E-state index in [1.54, 1.807) is 0 Å². The number of hydrogen-bond acceptors (Lipinski definition) is 5. The number of para-hydroxylation sites is 1. The minimum atomic E-state index is 0.548. The van der Waals surface area contributed by atoms with Crippen LogP contribution in [0.15, 0.2) is 60.7 Å². The van der Waals surface area contributed by atoms with E-state index in [4.69, 9.17) is 20.2 Å². The molecule has 26 heavy (non-hydrogen) atoms. The van der Waals surface area contributed by atoms with Gasteiger partial charge in [-0.1, -0.05) is 36.4 Å². The molecular weight excluding hydrogens is 326 g/mol. The summed E-state index contributed by atoms with van der Waals surface area (Å²) in [5, 5.41) is 4.50. The van der Waals surface area contributed by atoms with E-state index in [2.05, 4.69) is 47.8 Å². The second-order valence-corrected chi connectivity index (χ2v) is 5.91. The SMILES string of the molecule is NCCOCCOCCNc1ccc(-c2ccc3ccccc3n2)cc1. The van der Waals surface area contributed by atoms with Crippen molar-refractivity contribution in [3.8, 4) is 11.3 Å². The van der Waals surface area contributed by atoms with E-state index in [-0.39, 0.29) is 0 Å². The first-order valence-electron chi connectivity index (χ1n) is 8.92. The Hall–Kier alpha value is -2.47. The van der Waals surface area contributed by atoms with Gasteiger partial charge in [-0.2, -0.15) is 0 Å². The zero-order valence-corrected chi connectivity index (χ0v) is 14.9. The van der Waals surface area contributed by atoms with Gasteiger partial charge in [-0.05, 0) is 24.3 Å². The van der Waals surface area contributed by atoms with Crippen molar-refractivity contribution < 1.29 is 9.47 Å². The molecule has 3 rings (SSSR count). The fourth-order valence-corrected chi connectivity index (χ4v) is 2.66. The quantitative estimate of drug-likeness (QED) is 0.549. The standard InChI is InChI=1S/C21H25N3O2/c22-11-13-25-15-16-26-14-12-23-19-8-5-18(6-9-19)21-10-7-17-3-1-2-4-20(17)24-21/h1-10,23H,11-16,22H2. The Bertz CT molecular complexity index is 806. The van der Waals surface area contributed by atoms with Gasteiger partial charge in [0.2, 0.25) is 0 Å². The van der Waals surface area contributed by atoms with Crippen molar-refractivity contribution in [2.75, 3.05) is 44.8 Å². The van der Waals surface area contributed by atoms with Crippen LogP contribution in [-0.4, -0.2) is 44.5 Å². The van der Waals surface area contributed by atoms with Gasteiger partial charge in [0.05, 0.1) is 37.6 Å². The number of rotatable bonds is 10. The molecule has 3 N–H and O–H groups in total. The Morgan fingerprint density at radius 1 is 0.808 bits per heavy atom. The summed E-state index contributed by atoms with van der Waals surface area (Å²) in [5.41, 5.74) is 9.52. The number of ether oxygens (including phenoxy) is 2. The molecule has 3 aromatic rings. The maximum atomic E-state index is 5.50. The summed E-state index contributed by atoms with van der Waals surface area (Å²) in [6.45, 7) is 3.70. The zero-order chi connectivity index (χ0) is 18.0. The van der Waals surface area contributed by atoms with Gasteiger partial charge < -0.3 is 20.5 Å². The molecule has 5 heteroatoms. The molecule has 0 amide bonds. The van der Waals surface area contributed by atoms with Gasteiger partial charge in [-0.25, -0.2) is 4.98 Å². The highest BCUT2D eigenvalue weighted by Gasteiger charge is 2.01. The van der Waals surface area contributed by atoms with E-state index < -0.39 is 0 Å². The molecule has 5 nitrogen and oxygen atoms in total. The third-order valence-electron chi connectivity index (χ3n) is 3.99. The van der Waals surface area contributed by atoms with Gasteiger partial charge in [0.1, 0.15) is 0 Å². The van der Waals surface area contributed by atoms with Gasteiger partial charge in [-0.15, -0.1) is 0 Å². The third-order valence-corrected chi connectivity index (χ3v) is 3.99. The molecule has 0 fully saturated rings. The van der Waals surface area contributed by atoms with Crippen molar-refractivity contribution in [1.29, 1.82) is 0 Å². The zero-order valence-electron chi connectivity index (χ0n) is 14.9. The van der Waals surface area contributed by atoms with E-state index in [0.717, 1.165) is 34.4 Å². The monoisotopic (exact) mass is 351 g/mol. The molecule has 0 aliphatic heterocycles. The van der Waals surface area contributed by atoms with Crippen LogP contribution in [0.4, 0.5) is 5.69 Å². The van der Waals surface area contributed by atoms with Crippen LogP contribution in [0.3, 0.4) is 0 Å². The van der Waals surface area contributed by atoms with Gasteiger partial charge in [0, 0.05) is 29.7 Å².